The Morgan fingerprint density at radius 3 is 2.89 bits per heavy atom. The minimum absolute atomic E-state index is 0.521. The van der Waals surface area contributed by atoms with Crippen molar-refractivity contribution < 1.29 is 4.74 Å². The van der Waals surface area contributed by atoms with Crippen molar-refractivity contribution in [3.8, 4) is 5.75 Å². The SMILES string of the molecule is CCCn1cncc1COc1ccc(CNC)nc1. The molecular weight excluding hydrogens is 240 g/mol. The topological polar surface area (TPSA) is 52.0 Å². The maximum atomic E-state index is 5.73. The summed E-state index contributed by atoms with van der Waals surface area (Å²) in [5.41, 5.74) is 2.09. The van der Waals surface area contributed by atoms with Crippen LogP contribution in [0.2, 0.25) is 0 Å². The molecule has 102 valence electrons. The molecule has 2 heterocycles. The first-order valence-corrected chi connectivity index (χ1v) is 6.54. The molecule has 19 heavy (non-hydrogen) atoms. The van der Waals surface area contributed by atoms with E-state index < -0.39 is 0 Å². The Hall–Kier alpha value is -1.88. The molecule has 0 unspecified atom stereocenters. The number of aromatic nitrogens is 3. The predicted octanol–water partition coefficient (Wildman–Crippen LogP) is 1.99. The third-order valence-corrected chi connectivity index (χ3v) is 2.81. The lowest BCUT2D eigenvalue weighted by Crippen LogP contribution is -2.07. The van der Waals surface area contributed by atoms with E-state index >= 15 is 0 Å². The third kappa shape index (κ3) is 3.79. The fraction of sp³-hybridized carbons (Fsp3) is 0.429. The zero-order chi connectivity index (χ0) is 13.5. The number of aryl methyl sites for hydroxylation is 1. The first-order chi connectivity index (χ1) is 9.33. The van der Waals surface area contributed by atoms with Crippen LogP contribution in [-0.2, 0) is 19.7 Å². The van der Waals surface area contributed by atoms with Gasteiger partial charge < -0.3 is 14.6 Å². The van der Waals surface area contributed by atoms with Crippen molar-refractivity contribution in [1.82, 2.24) is 19.9 Å². The summed E-state index contributed by atoms with van der Waals surface area (Å²) >= 11 is 0. The zero-order valence-corrected chi connectivity index (χ0v) is 11.5. The third-order valence-electron chi connectivity index (χ3n) is 2.81. The molecule has 5 nitrogen and oxygen atoms in total. The van der Waals surface area contributed by atoms with Crippen molar-refractivity contribution in [3.63, 3.8) is 0 Å². The van der Waals surface area contributed by atoms with Crippen LogP contribution in [0.25, 0.3) is 0 Å². The molecule has 0 aliphatic rings. The number of hydrogen-bond acceptors (Lipinski definition) is 4. The Labute approximate surface area is 113 Å². The number of ether oxygens (including phenoxy) is 1. The number of pyridine rings is 1. The van der Waals surface area contributed by atoms with E-state index in [2.05, 4.69) is 26.8 Å². The van der Waals surface area contributed by atoms with Crippen LogP contribution in [-0.4, -0.2) is 21.6 Å². The second kappa shape index (κ2) is 6.89. The van der Waals surface area contributed by atoms with Crippen molar-refractivity contribution >= 4 is 0 Å². The Kier molecular flexibility index (Phi) is 4.92. The van der Waals surface area contributed by atoms with Crippen LogP contribution in [0.5, 0.6) is 5.75 Å². The molecule has 0 atom stereocenters. The van der Waals surface area contributed by atoms with E-state index in [0.29, 0.717) is 6.61 Å². The van der Waals surface area contributed by atoms with Gasteiger partial charge >= 0.3 is 0 Å². The molecule has 0 saturated carbocycles. The summed E-state index contributed by atoms with van der Waals surface area (Å²) < 4.78 is 7.84. The molecule has 5 heteroatoms. The molecule has 1 N–H and O–H groups in total. The molecule has 0 aromatic carbocycles. The lowest BCUT2D eigenvalue weighted by molar-refractivity contribution is 0.293. The van der Waals surface area contributed by atoms with E-state index in [-0.39, 0.29) is 0 Å². The standard InChI is InChI=1S/C14H20N4O/c1-3-6-18-11-16-8-13(18)10-19-14-5-4-12(7-15-2)17-9-14/h4-5,8-9,11,15H,3,6-7,10H2,1-2H3. The minimum Gasteiger partial charge on any atom is -0.486 e. The largest absolute Gasteiger partial charge is 0.486 e. The predicted molar refractivity (Wildman–Crippen MR) is 73.9 cm³/mol. The molecule has 0 spiro atoms. The quantitative estimate of drug-likeness (QED) is 0.827. The summed E-state index contributed by atoms with van der Waals surface area (Å²) in [6.07, 6.45) is 6.53. The Morgan fingerprint density at radius 1 is 1.32 bits per heavy atom. The van der Waals surface area contributed by atoms with Crippen molar-refractivity contribution in [2.24, 2.45) is 0 Å². The smallest absolute Gasteiger partial charge is 0.138 e. The summed E-state index contributed by atoms with van der Waals surface area (Å²) in [6.45, 7) is 4.41. The molecule has 2 rings (SSSR count). The van der Waals surface area contributed by atoms with Gasteiger partial charge in [0.2, 0.25) is 0 Å². The van der Waals surface area contributed by atoms with Crippen molar-refractivity contribution in [3.05, 3.63) is 42.2 Å². The van der Waals surface area contributed by atoms with Crippen molar-refractivity contribution in [2.45, 2.75) is 33.0 Å². The van der Waals surface area contributed by atoms with Gasteiger partial charge in [-0.25, -0.2) is 4.98 Å². The Bertz CT molecular complexity index is 492. The van der Waals surface area contributed by atoms with E-state index in [4.69, 9.17) is 4.74 Å². The van der Waals surface area contributed by atoms with Gasteiger partial charge in [-0.2, -0.15) is 0 Å². The fourth-order valence-electron chi connectivity index (χ4n) is 1.85. The summed E-state index contributed by atoms with van der Waals surface area (Å²) in [6, 6.07) is 3.91. The van der Waals surface area contributed by atoms with Crippen LogP contribution >= 0.6 is 0 Å². The lowest BCUT2D eigenvalue weighted by atomic mass is 10.3. The molecular formula is C14H20N4O. The van der Waals surface area contributed by atoms with Crippen LogP contribution < -0.4 is 10.1 Å². The van der Waals surface area contributed by atoms with Crippen LogP contribution in [0.3, 0.4) is 0 Å². The zero-order valence-electron chi connectivity index (χ0n) is 11.5. The number of hydrogen-bond donors (Lipinski definition) is 1. The number of nitrogens with one attached hydrogen (secondary N) is 1. The first kappa shape index (κ1) is 13.5. The number of rotatable bonds is 7. The Morgan fingerprint density at radius 2 is 2.21 bits per heavy atom. The molecule has 0 radical (unpaired) electrons. The summed E-state index contributed by atoms with van der Waals surface area (Å²) in [5.74, 6) is 0.782. The van der Waals surface area contributed by atoms with E-state index in [9.17, 15) is 0 Å². The molecule has 0 amide bonds. The van der Waals surface area contributed by atoms with E-state index in [1.54, 1.807) is 6.20 Å². The van der Waals surface area contributed by atoms with Crippen molar-refractivity contribution in [1.29, 1.82) is 0 Å². The molecule has 0 saturated heterocycles. The van der Waals surface area contributed by atoms with Gasteiger partial charge in [0.15, 0.2) is 0 Å². The van der Waals surface area contributed by atoms with E-state index in [0.717, 1.165) is 36.6 Å². The maximum absolute atomic E-state index is 5.73. The summed E-state index contributed by atoms with van der Waals surface area (Å²) in [4.78, 5) is 8.47. The van der Waals surface area contributed by atoms with E-state index in [1.165, 1.54) is 0 Å². The van der Waals surface area contributed by atoms with Gasteiger partial charge in [0.25, 0.3) is 0 Å². The average Bonchev–Trinajstić information content (AvgIpc) is 2.86. The van der Waals surface area contributed by atoms with E-state index in [1.807, 2.05) is 31.7 Å². The number of imidazole rings is 1. The van der Waals surface area contributed by atoms with Gasteiger partial charge in [0, 0.05) is 13.1 Å². The van der Waals surface area contributed by atoms with Gasteiger partial charge in [-0.1, -0.05) is 6.92 Å². The molecule has 0 bridgehead atoms. The summed E-state index contributed by atoms with van der Waals surface area (Å²) in [5, 5.41) is 3.06. The van der Waals surface area contributed by atoms with Gasteiger partial charge in [-0.3, -0.25) is 4.98 Å². The summed E-state index contributed by atoms with van der Waals surface area (Å²) in [7, 11) is 1.90. The molecule has 0 aliphatic carbocycles. The van der Waals surface area contributed by atoms with Gasteiger partial charge in [0.1, 0.15) is 12.4 Å². The highest BCUT2D eigenvalue weighted by atomic mass is 16.5. The van der Waals surface area contributed by atoms with Crippen LogP contribution in [0.15, 0.2) is 30.9 Å². The number of nitrogens with zero attached hydrogens (tertiary/aromatic N) is 3. The van der Waals surface area contributed by atoms with Crippen LogP contribution in [0.1, 0.15) is 24.7 Å². The maximum Gasteiger partial charge on any atom is 0.138 e. The van der Waals surface area contributed by atoms with Gasteiger partial charge in [0.05, 0.1) is 30.1 Å². The Balaban J connectivity index is 1.92. The molecule has 2 aromatic rings. The second-order valence-electron chi connectivity index (χ2n) is 4.38. The highest BCUT2D eigenvalue weighted by Gasteiger charge is 2.03. The first-order valence-electron chi connectivity index (χ1n) is 6.54. The van der Waals surface area contributed by atoms with Crippen LogP contribution in [0, 0.1) is 0 Å². The van der Waals surface area contributed by atoms with Crippen molar-refractivity contribution in [2.75, 3.05) is 7.05 Å². The molecule has 2 aromatic heterocycles. The highest BCUT2D eigenvalue weighted by Crippen LogP contribution is 2.12. The van der Waals surface area contributed by atoms with Gasteiger partial charge in [-0.05, 0) is 25.6 Å². The highest BCUT2D eigenvalue weighted by molar-refractivity contribution is 5.20. The monoisotopic (exact) mass is 260 g/mol. The normalized spacial score (nSPS) is 10.6. The molecule has 0 aliphatic heterocycles. The fourth-order valence-corrected chi connectivity index (χ4v) is 1.85. The van der Waals surface area contributed by atoms with Crippen LogP contribution in [0.4, 0.5) is 0 Å². The lowest BCUT2D eigenvalue weighted by Gasteiger charge is -2.09. The average molecular weight is 260 g/mol. The molecule has 0 fully saturated rings. The second-order valence-corrected chi connectivity index (χ2v) is 4.38. The van der Waals surface area contributed by atoms with Gasteiger partial charge in [-0.15, -0.1) is 0 Å². The minimum atomic E-state index is 0.521.